The van der Waals surface area contributed by atoms with Gasteiger partial charge in [-0.1, -0.05) is 6.92 Å². The van der Waals surface area contributed by atoms with Gasteiger partial charge in [0.25, 0.3) is 0 Å². The van der Waals surface area contributed by atoms with E-state index in [0.29, 0.717) is 18.4 Å². The Morgan fingerprint density at radius 3 is 2.82 bits per heavy atom. The molecule has 2 aromatic heterocycles. The summed E-state index contributed by atoms with van der Waals surface area (Å²) in [4.78, 5) is 8.88. The van der Waals surface area contributed by atoms with Gasteiger partial charge in [-0.2, -0.15) is 11.3 Å². The quantitative estimate of drug-likeness (QED) is 0.634. The number of aromatic nitrogens is 1. The van der Waals surface area contributed by atoms with Crippen molar-refractivity contribution in [3.05, 3.63) is 39.7 Å². The molecule has 0 saturated carbocycles. The van der Waals surface area contributed by atoms with E-state index in [1.165, 1.54) is 5.56 Å². The summed E-state index contributed by atoms with van der Waals surface area (Å²) in [5, 5.41) is 10.9. The van der Waals surface area contributed by atoms with E-state index in [0.717, 1.165) is 30.5 Å². The number of thiophene rings is 1. The average Bonchev–Trinajstić information content (AvgIpc) is 3.12. The molecule has 1 atom stereocenters. The molecule has 2 N–H and O–H groups in total. The highest BCUT2D eigenvalue weighted by Gasteiger charge is 2.08. The second-order valence-corrected chi connectivity index (χ2v) is 6.06. The molecule has 1 unspecified atom stereocenters. The number of aliphatic imine (C=N–C) groups is 1. The summed E-state index contributed by atoms with van der Waals surface area (Å²) in [7, 11) is 0. The molecular formula is C16H24N4OS. The molecule has 0 bridgehead atoms. The van der Waals surface area contributed by atoms with E-state index in [9.17, 15) is 0 Å². The second kappa shape index (κ2) is 7.98. The molecule has 22 heavy (non-hydrogen) atoms. The van der Waals surface area contributed by atoms with Crippen LogP contribution in [-0.2, 0) is 6.54 Å². The van der Waals surface area contributed by atoms with Crippen LogP contribution in [0.3, 0.4) is 0 Å². The lowest BCUT2D eigenvalue weighted by Gasteiger charge is -2.15. The first kappa shape index (κ1) is 16.5. The minimum absolute atomic E-state index is 0.441. The summed E-state index contributed by atoms with van der Waals surface area (Å²) in [6.07, 6.45) is 0. The lowest BCUT2D eigenvalue weighted by molar-refractivity contribution is 0.472. The number of nitrogens with zero attached hydrogens (tertiary/aromatic N) is 2. The molecule has 2 heterocycles. The Hall–Kier alpha value is -1.82. The molecule has 120 valence electrons. The van der Waals surface area contributed by atoms with E-state index in [1.54, 1.807) is 11.3 Å². The van der Waals surface area contributed by atoms with Gasteiger partial charge in [0, 0.05) is 13.1 Å². The van der Waals surface area contributed by atoms with Crippen LogP contribution >= 0.6 is 11.3 Å². The number of nitrogens with one attached hydrogen (secondary N) is 2. The van der Waals surface area contributed by atoms with Gasteiger partial charge in [0.15, 0.2) is 5.96 Å². The van der Waals surface area contributed by atoms with Crippen LogP contribution in [-0.4, -0.2) is 24.0 Å². The van der Waals surface area contributed by atoms with Crippen LogP contribution in [0, 0.1) is 13.8 Å². The fourth-order valence-electron chi connectivity index (χ4n) is 2.02. The molecule has 0 aliphatic carbocycles. The zero-order valence-electron chi connectivity index (χ0n) is 13.6. The van der Waals surface area contributed by atoms with Gasteiger partial charge >= 0.3 is 0 Å². The molecule has 5 nitrogen and oxygen atoms in total. The van der Waals surface area contributed by atoms with Crippen LogP contribution < -0.4 is 10.6 Å². The van der Waals surface area contributed by atoms with Gasteiger partial charge in [-0.25, -0.2) is 9.98 Å². The van der Waals surface area contributed by atoms with Gasteiger partial charge in [-0.15, -0.1) is 0 Å². The predicted octanol–water partition coefficient (Wildman–Crippen LogP) is 3.21. The maximum absolute atomic E-state index is 5.55. The molecular weight excluding hydrogens is 296 g/mol. The van der Waals surface area contributed by atoms with E-state index in [1.807, 2.05) is 13.8 Å². The highest BCUT2D eigenvalue weighted by Crippen LogP contribution is 2.17. The number of oxazole rings is 1. The third-order valence-corrected chi connectivity index (χ3v) is 4.18. The van der Waals surface area contributed by atoms with Crippen molar-refractivity contribution in [2.75, 3.05) is 13.1 Å². The Labute approximate surface area is 135 Å². The standard InChI is InChI=1S/C16H24N4OS/c1-5-17-16(18-8-11(2)14-6-7-22-10-14)19-9-15-20-12(3)13(4)21-15/h6-7,10-11H,5,8-9H2,1-4H3,(H2,17,18,19). The normalized spacial score (nSPS) is 13.2. The summed E-state index contributed by atoms with van der Waals surface area (Å²) in [6.45, 7) is 10.2. The van der Waals surface area contributed by atoms with Gasteiger partial charge in [0.2, 0.25) is 5.89 Å². The van der Waals surface area contributed by atoms with Crippen molar-refractivity contribution >= 4 is 17.3 Å². The Morgan fingerprint density at radius 2 is 2.23 bits per heavy atom. The molecule has 0 aliphatic heterocycles. The van der Waals surface area contributed by atoms with Crippen LogP contribution in [0.15, 0.2) is 26.2 Å². The largest absolute Gasteiger partial charge is 0.444 e. The smallest absolute Gasteiger partial charge is 0.216 e. The first-order chi connectivity index (χ1) is 10.6. The summed E-state index contributed by atoms with van der Waals surface area (Å²) in [5.41, 5.74) is 2.28. The monoisotopic (exact) mass is 320 g/mol. The van der Waals surface area contributed by atoms with Crippen molar-refractivity contribution in [1.82, 2.24) is 15.6 Å². The number of hydrogen-bond donors (Lipinski definition) is 2. The first-order valence-corrected chi connectivity index (χ1v) is 8.51. The maximum Gasteiger partial charge on any atom is 0.216 e. The maximum atomic E-state index is 5.55. The van der Waals surface area contributed by atoms with Crippen LogP contribution in [0.1, 0.15) is 42.7 Å². The number of rotatable bonds is 6. The minimum atomic E-state index is 0.441. The van der Waals surface area contributed by atoms with Crippen molar-refractivity contribution in [2.45, 2.75) is 40.2 Å². The number of hydrogen-bond acceptors (Lipinski definition) is 4. The summed E-state index contributed by atoms with van der Waals surface area (Å²) in [5.74, 6) is 2.74. The Kier molecular flexibility index (Phi) is 6.00. The van der Waals surface area contributed by atoms with Gasteiger partial charge in [0.1, 0.15) is 12.3 Å². The predicted molar refractivity (Wildman–Crippen MR) is 91.5 cm³/mol. The highest BCUT2D eigenvalue weighted by molar-refractivity contribution is 7.07. The summed E-state index contributed by atoms with van der Waals surface area (Å²) < 4.78 is 5.55. The third kappa shape index (κ3) is 4.59. The Morgan fingerprint density at radius 1 is 1.41 bits per heavy atom. The minimum Gasteiger partial charge on any atom is -0.444 e. The van der Waals surface area contributed by atoms with E-state index < -0.39 is 0 Å². The van der Waals surface area contributed by atoms with Gasteiger partial charge in [0.05, 0.1) is 5.69 Å². The van der Waals surface area contributed by atoms with Crippen molar-refractivity contribution in [3.8, 4) is 0 Å². The fourth-order valence-corrected chi connectivity index (χ4v) is 2.80. The summed E-state index contributed by atoms with van der Waals surface area (Å²) >= 11 is 1.73. The lowest BCUT2D eigenvalue weighted by Crippen LogP contribution is -2.39. The van der Waals surface area contributed by atoms with E-state index in [2.05, 4.69) is 51.3 Å². The lowest BCUT2D eigenvalue weighted by atomic mass is 10.1. The van der Waals surface area contributed by atoms with Crippen LogP contribution in [0.5, 0.6) is 0 Å². The van der Waals surface area contributed by atoms with Gasteiger partial charge in [-0.05, 0) is 49.1 Å². The molecule has 0 fully saturated rings. The third-order valence-electron chi connectivity index (χ3n) is 3.48. The van der Waals surface area contributed by atoms with Crippen LogP contribution in [0.25, 0.3) is 0 Å². The molecule has 0 aromatic carbocycles. The van der Waals surface area contributed by atoms with Crippen molar-refractivity contribution in [1.29, 1.82) is 0 Å². The zero-order chi connectivity index (χ0) is 15.9. The fraction of sp³-hybridized carbons (Fsp3) is 0.500. The second-order valence-electron chi connectivity index (χ2n) is 5.28. The van der Waals surface area contributed by atoms with E-state index in [-0.39, 0.29) is 0 Å². The topological polar surface area (TPSA) is 62.5 Å². The highest BCUT2D eigenvalue weighted by atomic mass is 32.1. The van der Waals surface area contributed by atoms with Gasteiger partial charge in [-0.3, -0.25) is 0 Å². The average molecular weight is 320 g/mol. The molecule has 2 rings (SSSR count). The molecule has 2 aromatic rings. The SMILES string of the molecule is CCNC(=NCc1nc(C)c(C)o1)NCC(C)c1ccsc1. The molecule has 0 spiro atoms. The van der Waals surface area contributed by atoms with Gasteiger partial charge < -0.3 is 15.1 Å². The van der Waals surface area contributed by atoms with E-state index >= 15 is 0 Å². The Bertz CT molecular complexity index is 584. The summed E-state index contributed by atoms with van der Waals surface area (Å²) in [6, 6.07) is 2.17. The molecule has 0 amide bonds. The Balaban J connectivity index is 1.92. The van der Waals surface area contributed by atoms with Crippen LogP contribution in [0.2, 0.25) is 0 Å². The zero-order valence-corrected chi connectivity index (χ0v) is 14.5. The van der Waals surface area contributed by atoms with Crippen LogP contribution in [0.4, 0.5) is 0 Å². The van der Waals surface area contributed by atoms with Crippen molar-refractivity contribution < 1.29 is 4.42 Å². The molecule has 0 aliphatic rings. The number of aryl methyl sites for hydroxylation is 2. The number of guanidine groups is 1. The molecule has 0 saturated heterocycles. The molecule has 6 heteroatoms. The first-order valence-electron chi connectivity index (χ1n) is 7.57. The molecule has 0 radical (unpaired) electrons. The van der Waals surface area contributed by atoms with E-state index in [4.69, 9.17) is 4.42 Å². The van der Waals surface area contributed by atoms with Crippen molar-refractivity contribution in [2.24, 2.45) is 4.99 Å². The van der Waals surface area contributed by atoms with Crippen molar-refractivity contribution in [3.63, 3.8) is 0 Å².